The summed E-state index contributed by atoms with van der Waals surface area (Å²) >= 11 is 0. The number of nitrogens with one attached hydrogen (secondary N) is 2. The molecule has 3 N–H and O–H groups in total. The zero-order valence-corrected chi connectivity index (χ0v) is 19.8. The van der Waals surface area contributed by atoms with Gasteiger partial charge in [-0.2, -0.15) is 0 Å². The van der Waals surface area contributed by atoms with Gasteiger partial charge >= 0.3 is 12.1 Å². The minimum atomic E-state index is -0.801. The summed E-state index contributed by atoms with van der Waals surface area (Å²) in [6.45, 7) is 0.608. The van der Waals surface area contributed by atoms with Crippen molar-refractivity contribution < 1.29 is 24.2 Å². The number of alkyl carbamates (subject to hydrolysis) is 1. The largest absolute Gasteiger partial charge is 0.481 e. The molecule has 2 fully saturated rings. The van der Waals surface area contributed by atoms with Gasteiger partial charge in [0.2, 0.25) is 5.91 Å². The fourth-order valence-electron chi connectivity index (χ4n) is 5.82. The van der Waals surface area contributed by atoms with Crippen LogP contribution in [0.3, 0.4) is 0 Å². The van der Waals surface area contributed by atoms with Gasteiger partial charge in [-0.05, 0) is 47.4 Å². The van der Waals surface area contributed by atoms with Gasteiger partial charge in [0.25, 0.3) is 0 Å². The minimum absolute atomic E-state index is 0.00819. The van der Waals surface area contributed by atoms with Crippen LogP contribution in [0.1, 0.15) is 62.0 Å². The van der Waals surface area contributed by atoms with Crippen LogP contribution in [0.2, 0.25) is 0 Å². The number of ether oxygens (including phenoxy) is 1. The molecule has 2 aromatic carbocycles. The van der Waals surface area contributed by atoms with Crippen LogP contribution in [0.5, 0.6) is 0 Å². The van der Waals surface area contributed by atoms with E-state index in [1.807, 2.05) is 24.3 Å². The van der Waals surface area contributed by atoms with E-state index in [4.69, 9.17) is 9.84 Å². The number of aliphatic carboxylic acids is 1. The highest BCUT2D eigenvalue weighted by Gasteiger charge is 2.43. The molecule has 7 nitrogen and oxygen atoms in total. The van der Waals surface area contributed by atoms with Crippen molar-refractivity contribution >= 4 is 18.0 Å². The van der Waals surface area contributed by atoms with Crippen LogP contribution in [-0.4, -0.2) is 41.8 Å². The number of amides is 2. The van der Waals surface area contributed by atoms with Crippen LogP contribution in [0.15, 0.2) is 48.5 Å². The molecule has 5 rings (SSSR count). The Morgan fingerprint density at radius 2 is 1.57 bits per heavy atom. The number of carboxylic acids is 1. The summed E-state index contributed by atoms with van der Waals surface area (Å²) in [6.07, 6.45) is 4.73. The lowest BCUT2D eigenvalue weighted by molar-refractivity contribution is -0.139. The van der Waals surface area contributed by atoms with E-state index in [2.05, 4.69) is 34.9 Å². The molecule has 184 valence electrons. The first kappa shape index (κ1) is 23.4. The molecule has 2 aromatic rings. The molecule has 7 heteroatoms. The highest BCUT2D eigenvalue weighted by Crippen LogP contribution is 2.44. The second-order valence-electron chi connectivity index (χ2n) is 10.2. The van der Waals surface area contributed by atoms with E-state index in [9.17, 15) is 14.4 Å². The number of carbonyl (C=O) groups excluding carboxylic acids is 2. The zero-order chi connectivity index (χ0) is 24.4. The average Bonchev–Trinajstić information content (AvgIpc) is 3.58. The Labute approximate surface area is 205 Å². The maximum atomic E-state index is 12.9. The van der Waals surface area contributed by atoms with Gasteiger partial charge in [-0.1, -0.05) is 67.8 Å². The predicted molar refractivity (Wildman–Crippen MR) is 131 cm³/mol. The molecule has 0 radical (unpaired) electrons. The van der Waals surface area contributed by atoms with E-state index in [-0.39, 0.29) is 36.7 Å². The van der Waals surface area contributed by atoms with Crippen LogP contribution < -0.4 is 10.6 Å². The van der Waals surface area contributed by atoms with Gasteiger partial charge in [-0.15, -0.1) is 0 Å². The van der Waals surface area contributed by atoms with Crippen molar-refractivity contribution in [1.29, 1.82) is 0 Å². The van der Waals surface area contributed by atoms with Crippen molar-refractivity contribution in [2.75, 3.05) is 13.2 Å². The Hall–Kier alpha value is -3.35. The summed E-state index contributed by atoms with van der Waals surface area (Å²) in [6, 6.07) is 16.4. The van der Waals surface area contributed by atoms with Crippen molar-refractivity contribution in [1.82, 2.24) is 10.6 Å². The number of hydrogen-bond acceptors (Lipinski definition) is 4. The van der Waals surface area contributed by atoms with Crippen molar-refractivity contribution in [3.8, 4) is 11.1 Å². The highest BCUT2D eigenvalue weighted by atomic mass is 16.5. The fraction of sp³-hybridized carbons (Fsp3) is 0.464. The molecule has 2 amide bonds. The zero-order valence-electron chi connectivity index (χ0n) is 19.8. The van der Waals surface area contributed by atoms with E-state index >= 15 is 0 Å². The van der Waals surface area contributed by atoms with Crippen LogP contribution >= 0.6 is 0 Å². The molecule has 35 heavy (non-hydrogen) atoms. The summed E-state index contributed by atoms with van der Waals surface area (Å²) in [5.41, 5.74) is 4.05. The SMILES string of the molecule is O=C(CC1(NC(=O)OCC2c3ccccc3-c3ccccc32)CCCCC1)NCC1CC1C(=O)O. The number of fused-ring (bicyclic) bond motifs is 3. The third kappa shape index (κ3) is 5.04. The lowest BCUT2D eigenvalue weighted by atomic mass is 9.79. The first-order valence-corrected chi connectivity index (χ1v) is 12.6. The fourth-order valence-corrected chi connectivity index (χ4v) is 5.82. The van der Waals surface area contributed by atoms with Crippen molar-refractivity contribution in [2.24, 2.45) is 11.8 Å². The second kappa shape index (κ2) is 9.72. The molecule has 3 aliphatic rings. The quantitative estimate of drug-likeness (QED) is 0.522. The lowest BCUT2D eigenvalue weighted by Gasteiger charge is -2.37. The van der Waals surface area contributed by atoms with E-state index in [0.29, 0.717) is 13.0 Å². The Morgan fingerprint density at radius 3 is 2.17 bits per heavy atom. The van der Waals surface area contributed by atoms with Gasteiger partial charge in [0.15, 0.2) is 0 Å². The summed E-state index contributed by atoms with van der Waals surface area (Å²) < 4.78 is 5.75. The minimum Gasteiger partial charge on any atom is -0.481 e. The lowest BCUT2D eigenvalue weighted by Crippen LogP contribution is -2.52. The van der Waals surface area contributed by atoms with Crippen molar-refractivity contribution in [3.05, 3.63) is 59.7 Å². The summed E-state index contributed by atoms with van der Waals surface area (Å²) in [7, 11) is 0. The van der Waals surface area contributed by atoms with E-state index in [1.54, 1.807) is 0 Å². The Morgan fingerprint density at radius 1 is 0.943 bits per heavy atom. The molecule has 2 saturated carbocycles. The molecule has 0 spiro atoms. The molecule has 0 aromatic heterocycles. The van der Waals surface area contributed by atoms with Crippen molar-refractivity contribution in [3.63, 3.8) is 0 Å². The van der Waals surface area contributed by atoms with Crippen LogP contribution in [0.25, 0.3) is 11.1 Å². The first-order chi connectivity index (χ1) is 17.0. The first-order valence-electron chi connectivity index (χ1n) is 12.6. The average molecular weight is 477 g/mol. The van der Waals surface area contributed by atoms with Gasteiger partial charge in [0, 0.05) is 18.9 Å². The summed E-state index contributed by atoms with van der Waals surface area (Å²) in [4.78, 5) is 36.7. The Balaban J connectivity index is 1.19. The van der Waals surface area contributed by atoms with Gasteiger partial charge in [-0.25, -0.2) is 4.79 Å². The van der Waals surface area contributed by atoms with Gasteiger partial charge in [0.05, 0.1) is 11.5 Å². The number of rotatable bonds is 8. The van der Waals surface area contributed by atoms with Crippen molar-refractivity contribution in [2.45, 2.75) is 56.4 Å². The van der Waals surface area contributed by atoms with Crippen LogP contribution in [-0.2, 0) is 14.3 Å². The van der Waals surface area contributed by atoms with Gasteiger partial charge in [0.1, 0.15) is 6.61 Å². The highest BCUT2D eigenvalue weighted by molar-refractivity contribution is 5.80. The summed E-state index contributed by atoms with van der Waals surface area (Å²) in [5.74, 6) is -1.31. The maximum absolute atomic E-state index is 12.9. The molecule has 2 unspecified atom stereocenters. The van der Waals surface area contributed by atoms with E-state index < -0.39 is 17.6 Å². The molecular formula is C28H32N2O5. The number of hydrogen-bond donors (Lipinski definition) is 3. The van der Waals surface area contributed by atoms with Gasteiger partial charge < -0.3 is 20.5 Å². The topological polar surface area (TPSA) is 105 Å². The third-order valence-electron chi connectivity index (χ3n) is 7.82. The monoisotopic (exact) mass is 476 g/mol. The van der Waals surface area contributed by atoms with E-state index in [1.165, 1.54) is 11.1 Å². The second-order valence-corrected chi connectivity index (χ2v) is 10.2. The molecule has 0 saturated heterocycles. The molecule has 0 bridgehead atoms. The third-order valence-corrected chi connectivity index (χ3v) is 7.82. The predicted octanol–water partition coefficient (Wildman–Crippen LogP) is 4.46. The molecule has 0 aliphatic heterocycles. The number of carboxylic acid groups (broad SMARTS) is 1. The smallest absolute Gasteiger partial charge is 0.407 e. The van der Waals surface area contributed by atoms with Crippen LogP contribution in [0.4, 0.5) is 4.79 Å². The van der Waals surface area contributed by atoms with E-state index in [0.717, 1.165) is 43.2 Å². The molecule has 0 heterocycles. The van der Waals surface area contributed by atoms with Gasteiger partial charge in [-0.3, -0.25) is 9.59 Å². The standard InChI is InChI=1S/C28H32N2O5/c31-25(29-16-18-14-23(18)26(32)33)15-28(12-6-1-7-13-28)30-27(34)35-17-24-21-10-4-2-8-19(21)20-9-3-5-11-22(20)24/h2-5,8-11,18,23-24H,1,6-7,12-17H2,(H,29,31)(H,30,34)(H,32,33). The maximum Gasteiger partial charge on any atom is 0.407 e. The molecule has 2 atom stereocenters. The number of benzene rings is 2. The Bertz CT molecular complexity index is 1080. The normalized spacial score (nSPS) is 21.9. The Kier molecular flexibility index (Phi) is 6.50. The number of carbonyl (C=O) groups is 3. The van der Waals surface area contributed by atoms with Crippen LogP contribution in [0, 0.1) is 11.8 Å². The summed E-state index contributed by atoms with van der Waals surface area (Å²) in [5, 5.41) is 15.0. The molecular weight excluding hydrogens is 444 g/mol. The molecule has 3 aliphatic carbocycles.